The number of rotatable bonds is 4. The molecule has 6 nitrogen and oxygen atoms in total. The number of nitrogens with one attached hydrogen (secondary N) is 1. The predicted octanol–water partition coefficient (Wildman–Crippen LogP) is 3.02. The first kappa shape index (κ1) is 15.5. The summed E-state index contributed by atoms with van der Waals surface area (Å²) in [5.74, 6) is 1.38. The van der Waals surface area contributed by atoms with Crippen LogP contribution in [0.2, 0.25) is 0 Å². The first-order chi connectivity index (χ1) is 12.2. The molecule has 0 saturated heterocycles. The van der Waals surface area contributed by atoms with Crippen LogP contribution in [0.25, 0.3) is 0 Å². The van der Waals surface area contributed by atoms with Crippen LogP contribution in [0, 0.1) is 6.92 Å². The van der Waals surface area contributed by atoms with Crippen molar-refractivity contribution in [2.45, 2.75) is 26.6 Å². The molecular formula is C19H20N6. The van der Waals surface area contributed by atoms with Crippen LogP contribution in [-0.2, 0) is 19.6 Å². The molecule has 1 aliphatic heterocycles. The van der Waals surface area contributed by atoms with Gasteiger partial charge in [-0.15, -0.1) is 0 Å². The number of benzene rings is 2. The van der Waals surface area contributed by atoms with Crippen molar-refractivity contribution in [3.8, 4) is 0 Å². The summed E-state index contributed by atoms with van der Waals surface area (Å²) in [5.41, 5.74) is 10.7. The minimum atomic E-state index is 0.233. The summed E-state index contributed by atoms with van der Waals surface area (Å²) in [5, 5.41) is 3.19. The minimum absolute atomic E-state index is 0.233. The maximum absolute atomic E-state index is 5.87. The summed E-state index contributed by atoms with van der Waals surface area (Å²) in [6.07, 6.45) is 0. The van der Waals surface area contributed by atoms with Crippen LogP contribution >= 0.6 is 0 Å². The van der Waals surface area contributed by atoms with Crippen molar-refractivity contribution in [2.24, 2.45) is 0 Å². The number of fused-ring (bicyclic) bond motifs is 1. The molecule has 0 amide bonds. The van der Waals surface area contributed by atoms with Gasteiger partial charge in [-0.25, -0.2) is 0 Å². The van der Waals surface area contributed by atoms with Gasteiger partial charge in [-0.1, -0.05) is 42.0 Å². The fourth-order valence-electron chi connectivity index (χ4n) is 3.05. The molecule has 2 aromatic carbocycles. The summed E-state index contributed by atoms with van der Waals surface area (Å²) >= 11 is 0. The fourth-order valence-corrected chi connectivity index (χ4v) is 3.05. The number of nitrogens with zero attached hydrogens (tertiary/aromatic N) is 4. The SMILES string of the molecule is Cc1ccc(Nc2nc(N)nc(CN3Cc4ccccc4C3)n2)cc1. The predicted molar refractivity (Wildman–Crippen MR) is 98.1 cm³/mol. The van der Waals surface area contributed by atoms with Gasteiger partial charge in [0.15, 0.2) is 0 Å². The highest BCUT2D eigenvalue weighted by Gasteiger charge is 2.19. The van der Waals surface area contributed by atoms with Crippen LogP contribution in [0.15, 0.2) is 48.5 Å². The van der Waals surface area contributed by atoms with E-state index in [0.29, 0.717) is 18.3 Å². The van der Waals surface area contributed by atoms with Gasteiger partial charge in [0.05, 0.1) is 6.54 Å². The largest absolute Gasteiger partial charge is 0.368 e. The molecule has 25 heavy (non-hydrogen) atoms. The molecule has 2 heterocycles. The molecule has 0 fully saturated rings. The molecule has 0 spiro atoms. The topological polar surface area (TPSA) is 80.0 Å². The van der Waals surface area contributed by atoms with Crippen molar-refractivity contribution in [3.63, 3.8) is 0 Å². The molecule has 0 saturated carbocycles. The molecule has 6 heteroatoms. The van der Waals surface area contributed by atoms with Gasteiger partial charge in [0, 0.05) is 18.8 Å². The molecule has 1 aliphatic rings. The van der Waals surface area contributed by atoms with Crippen LogP contribution in [-0.4, -0.2) is 19.9 Å². The Morgan fingerprint density at radius 2 is 1.64 bits per heavy atom. The average molecular weight is 332 g/mol. The Morgan fingerprint density at radius 3 is 2.32 bits per heavy atom. The maximum atomic E-state index is 5.87. The molecule has 0 unspecified atom stereocenters. The Morgan fingerprint density at radius 1 is 0.960 bits per heavy atom. The number of aryl methyl sites for hydroxylation is 1. The van der Waals surface area contributed by atoms with Gasteiger partial charge < -0.3 is 11.1 Å². The van der Waals surface area contributed by atoms with E-state index in [1.807, 2.05) is 24.3 Å². The quantitative estimate of drug-likeness (QED) is 0.764. The van der Waals surface area contributed by atoms with Gasteiger partial charge >= 0.3 is 0 Å². The fraction of sp³-hybridized carbons (Fsp3) is 0.211. The summed E-state index contributed by atoms with van der Waals surface area (Å²) in [7, 11) is 0. The molecular weight excluding hydrogens is 312 g/mol. The van der Waals surface area contributed by atoms with E-state index in [4.69, 9.17) is 5.73 Å². The zero-order chi connectivity index (χ0) is 17.2. The van der Waals surface area contributed by atoms with Crippen molar-refractivity contribution in [1.82, 2.24) is 19.9 Å². The van der Waals surface area contributed by atoms with Gasteiger partial charge in [-0.2, -0.15) is 15.0 Å². The molecule has 3 N–H and O–H groups in total. The number of hydrogen-bond acceptors (Lipinski definition) is 6. The molecule has 0 atom stereocenters. The second kappa shape index (κ2) is 6.49. The Hall–Kier alpha value is -2.99. The zero-order valence-electron chi connectivity index (χ0n) is 14.1. The van der Waals surface area contributed by atoms with E-state index in [9.17, 15) is 0 Å². The van der Waals surface area contributed by atoms with Gasteiger partial charge in [-0.05, 0) is 30.2 Å². The summed E-state index contributed by atoms with van der Waals surface area (Å²) in [6, 6.07) is 16.5. The van der Waals surface area contributed by atoms with E-state index in [1.165, 1.54) is 16.7 Å². The lowest BCUT2D eigenvalue weighted by Gasteiger charge is -2.14. The number of anilines is 3. The van der Waals surface area contributed by atoms with Gasteiger partial charge in [-0.3, -0.25) is 4.90 Å². The number of aromatic nitrogens is 3. The van der Waals surface area contributed by atoms with Crippen LogP contribution < -0.4 is 11.1 Å². The average Bonchev–Trinajstić information content (AvgIpc) is 2.98. The molecule has 0 aliphatic carbocycles. The van der Waals surface area contributed by atoms with Crippen LogP contribution in [0.4, 0.5) is 17.6 Å². The van der Waals surface area contributed by atoms with Crippen LogP contribution in [0.5, 0.6) is 0 Å². The third-order valence-corrected chi connectivity index (χ3v) is 4.28. The second-order valence-electron chi connectivity index (χ2n) is 6.34. The lowest BCUT2D eigenvalue weighted by molar-refractivity contribution is 0.268. The summed E-state index contributed by atoms with van der Waals surface area (Å²) in [6.45, 7) is 4.51. The highest BCUT2D eigenvalue weighted by atomic mass is 15.2. The van der Waals surface area contributed by atoms with E-state index >= 15 is 0 Å². The highest BCUT2D eigenvalue weighted by Crippen LogP contribution is 2.23. The summed E-state index contributed by atoms with van der Waals surface area (Å²) < 4.78 is 0. The lowest BCUT2D eigenvalue weighted by Crippen LogP contribution is -2.19. The van der Waals surface area contributed by atoms with E-state index < -0.39 is 0 Å². The Kier molecular flexibility index (Phi) is 4.03. The van der Waals surface area contributed by atoms with Crippen molar-refractivity contribution in [2.75, 3.05) is 11.1 Å². The monoisotopic (exact) mass is 332 g/mol. The number of hydrogen-bond donors (Lipinski definition) is 2. The van der Waals surface area contributed by atoms with E-state index in [-0.39, 0.29) is 5.95 Å². The number of nitrogen functional groups attached to an aromatic ring is 1. The highest BCUT2D eigenvalue weighted by molar-refractivity contribution is 5.54. The molecule has 0 radical (unpaired) electrons. The van der Waals surface area contributed by atoms with Crippen molar-refractivity contribution in [1.29, 1.82) is 0 Å². The zero-order valence-corrected chi connectivity index (χ0v) is 14.1. The molecule has 3 aromatic rings. The lowest BCUT2D eigenvalue weighted by atomic mass is 10.1. The Labute approximate surface area is 146 Å². The summed E-state index contributed by atoms with van der Waals surface area (Å²) in [4.78, 5) is 15.3. The molecule has 126 valence electrons. The molecule has 0 bridgehead atoms. The standard InChI is InChI=1S/C19H20N6/c1-13-6-8-16(9-7-13)21-19-23-17(22-18(20)24-19)12-25-10-14-4-2-3-5-15(14)11-25/h2-9H,10-12H2,1H3,(H3,20,21,22,23,24). The van der Waals surface area contributed by atoms with Crippen molar-refractivity contribution >= 4 is 17.6 Å². The van der Waals surface area contributed by atoms with Crippen LogP contribution in [0.3, 0.4) is 0 Å². The first-order valence-electron chi connectivity index (χ1n) is 8.29. The third kappa shape index (κ3) is 3.59. The second-order valence-corrected chi connectivity index (χ2v) is 6.34. The van der Waals surface area contributed by atoms with E-state index in [1.54, 1.807) is 0 Å². The Bertz CT molecular complexity index is 866. The van der Waals surface area contributed by atoms with Gasteiger partial charge in [0.1, 0.15) is 5.82 Å². The van der Waals surface area contributed by atoms with E-state index in [2.05, 4.69) is 56.4 Å². The molecule has 1 aromatic heterocycles. The van der Waals surface area contributed by atoms with Gasteiger partial charge in [0.2, 0.25) is 11.9 Å². The normalized spacial score (nSPS) is 13.6. The van der Waals surface area contributed by atoms with Crippen LogP contribution in [0.1, 0.15) is 22.5 Å². The van der Waals surface area contributed by atoms with Crippen molar-refractivity contribution < 1.29 is 0 Å². The van der Waals surface area contributed by atoms with Crippen molar-refractivity contribution in [3.05, 3.63) is 71.0 Å². The number of nitrogens with two attached hydrogens (primary N) is 1. The first-order valence-corrected chi connectivity index (χ1v) is 8.29. The smallest absolute Gasteiger partial charge is 0.232 e. The van der Waals surface area contributed by atoms with Gasteiger partial charge in [0.25, 0.3) is 0 Å². The minimum Gasteiger partial charge on any atom is -0.368 e. The Balaban J connectivity index is 1.49. The third-order valence-electron chi connectivity index (χ3n) is 4.28. The van der Waals surface area contributed by atoms with E-state index in [0.717, 1.165) is 18.8 Å². The molecule has 4 rings (SSSR count). The maximum Gasteiger partial charge on any atom is 0.232 e.